The van der Waals surface area contributed by atoms with Gasteiger partial charge >= 0.3 is 0 Å². The lowest BCUT2D eigenvalue weighted by Gasteiger charge is -2.49. The lowest BCUT2D eigenvalue weighted by molar-refractivity contribution is 0.0981. The van der Waals surface area contributed by atoms with Gasteiger partial charge in [0.15, 0.2) is 0 Å². The molecule has 4 unspecified atom stereocenters. The maximum Gasteiger partial charge on any atom is 0.122 e. The van der Waals surface area contributed by atoms with Crippen molar-refractivity contribution in [3.63, 3.8) is 0 Å². The number of thioether (sulfide) groups is 2. The van der Waals surface area contributed by atoms with Gasteiger partial charge in [-0.1, -0.05) is 19.3 Å². The molecule has 1 saturated heterocycles. The van der Waals surface area contributed by atoms with Gasteiger partial charge in [0, 0.05) is 15.7 Å². The Balaban J connectivity index is 1.76. The third kappa shape index (κ3) is 1.96. The van der Waals surface area contributed by atoms with Crippen molar-refractivity contribution in [2.75, 3.05) is 0 Å². The zero-order valence-electron chi connectivity index (χ0n) is 9.15. The molecule has 0 aromatic heterocycles. The largest absolute Gasteiger partial charge is 0.378 e. The summed E-state index contributed by atoms with van der Waals surface area (Å²) in [5.74, 6) is 0. The Hall–Kier alpha value is 0.660. The zero-order chi connectivity index (χ0) is 10.3. The Kier molecular flexibility index (Phi) is 2.99. The van der Waals surface area contributed by atoms with Gasteiger partial charge < -0.3 is 5.11 Å². The summed E-state index contributed by atoms with van der Waals surface area (Å²) in [6, 6.07) is 0. The van der Waals surface area contributed by atoms with Crippen molar-refractivity contribution in [1.82, 2.24) is 0 Å². The minimum Gasteiger partial charge on any atom is -0.378 e. The molecule has 86 valence electrons. The van der Waals surface area contributed by atoms with Gasteiger partial charge in [0.1, 0.15) is 4.93 Å². The lowest BCUT2D eigenvalue weighted by atomic mass is 9.96. The molecular formula is C12H20OS2. The Labute approximate surface area is 101 Å². The second-order valence-corrected chi connectivity index (χ2v) is 8.19. The molecule has 0 aromatic rings. The minimum atomic E-state index is -0.360. The fourth-order valence-corrected chi connectivity index (χ4v) is 7.22. The first-order valence-corrected chi connectivity index (χ1v) is 8.16. The third-order valence-electron chi connectivity index (χ3n) is 4.09. The molecule has 3 aliphatic rings. The van der Waals surface area contributed by atoms with E-state index in [0.29, 0.717) is 5.25 Å². The summed E-state index contributed by atoms with van der Waals surface area (Å²) < 4.78 is 0. The Bertz CT molecular complexity index is 246. The quantitative estimate of drug-likeness (QED) is 0.705. The SMILES string of the molecule is OC12CCCCC1SC1CCCCC1S2. The standard InChI is InChI=1S/C12H20OS2/c13-12-8-4-3-7-11(12)14-9-5-1-2-6-10(9)15-12/h9-11,13H,1-8H2. The summed E-state index contributed by atoms with van der Waals surface area (Å²) in [5.41, 5.74) is 0. The molecule has 3 fully saturated rings. The minimum absolute atomic E-state index is 0.360. The normalized spacial score (nSPS) is 50.6. The van der Waals surface area contributed by atoms with Crippen LogP contribution in [0.3, 0.4) is 0 Å². The first kappa shape index (κ1) is 10.8. The molecule has 15 heavy (non-hydrogen) atoms. The number of hydrogen-bond acceptors (Lipinski definition) is 3. The summed E-state index contributed by atoms with van der Waals surface area (Å²) in [6.07, 6.45) is 10.4. The number of fused-ring (bicyclic) bond motifs is 2. The maximum absolute atomic E-state index is 10.7. The van der Waals surface area contributed by atoms with Crippen molar-refractivity contribution in [2.24, 2.45) is 0 Å². The smallest absolute Gasteiger partial charge is 0.122 e. The van der Waals surface area contributed by atoms with E-state index < -0.39 is 0 Å². The van der Waals surface area contributed by atoms with Crippen LogP contribution < -0.4 is 0 Å². The van der Waals surface area contributed by atoms with Crippen molar-refractivity contribution < 1.29 is 5.11 Å². The van der Waals surface area contributed by atoms with Crippen LogP contribution in [0.1, 0.15) is 51.4 Å². The molecule has 3 rings (SSSR count). The van der Waals surface area contributed by atoms with Crippen LogP contribution in [0.2, 0.25) is 0 Å². The van der Waals surface area contributed by atoms with Gasteiger partial charge in [-0.3, -0.25) is 0 Å². The van der Waals surface area contributed by atoms with Crippen molar-refractivity contribution >= 4 is 23.5 Å². The molecule has 2 saturated carbocycles. The molecule has 3 heteroatoms. The molecule has 4 atom stereocenters. The van der Waals surface area contributed by atoms with E-state index in [2.05, 4.69) is 11.8 Å². The van der Waals surface area contributed by atoms with E-state index in [1.165, 1.54) is 44.9 Å². The van der Waals surface area contributed by atoms with Crippen molar-refractivity contribution in [1.29, 1.82) is 0 Å². The van der Waals surface area contributed by atoms with E-state index >= 15 is 0 Å². The highest BCUT2D eigenvalue weighted by molar-refractivity contribution is 8.08. The van der Waals surface area contributed by atoms with Crippen molar-refractivity contribution in [3.8, 4) is 0 Å². The average molecular weight is 244 g/mol. The highest BCUT2D eigenvalue weighted by atomic mass is 32.2. The highest BCUT2D eigenvalue weighted by Gasteiger charge is 2.49. The Morgan fingerprint density at radius 2 is 1.67 bits per heavy atom. The molecule has 1 nitrogen and oxygen atoms in total. The van der Waals surface area contributed by atoms with Crippen LogP contribution in [0.4, 0.5) is 0 Å². The van der Waals surface area contributed by atoms with E-state index in [9.17, 15) is 5.11 Å². The molecule has 0 aromatic carbocycles. The summed E-state index contributed by atoms with van der Waals surface area (Å²) in [6.45, 7) is 0. The van der Waals surface area contributed by atoms with Gasteiger partial charge in [-0.05, 0) is 32.1 Å². The van der Waals surface area contributed by atoms with Gasteiger partial charge in [-0.15, -0.1) is 11.8 Å². The zero-order valence-corrected chi connectivity index (χ0v) is 10.8. The van der Waals surface area contributed by atoms with Gasteiger partial charge in [0.25, 0.3) is 0 Å². The molecule has 1 heterocycles. The predicted molar refractivity (Wildman–Crippen MR) is 68.4 cm³/mol. The van der Waals surface area contributed by atoms with Gasteiger partial charge in [0.05, 0.1) is 0 Å². The molecule has 0 radical (unpaired) electrons. The fourth-order valence-electron chi connectivity index (χ4n) is 3.23. The maximum atomic E-state index is 10.7. The fraction of sp³-hybridized carbons (Fsp3) is 1.00. The van der Waals surface area contributed by atoms with Crippen LogP contribution in [-0.2, 0) is 0 Å². The summed E-state index contributed by atoms with van der Waals surface area (Å²) in [4.78, 5) is -0.360. The highest BCUT2D eigenvalue weighted by Crippen LogP contribution is 2.55. The van der Waals surface area contributed by atoms with Crippen LogP contribution in [0, 0.1) is 0 Å². The molecule has 0 amide bonds. The molecule has 0 spiro atoms. The summed E-state index contributed by atoms with van der Waals surface area (Å²) in [7, 11) is 0. The average Bonchev–Trinajstić information content (AvgIpc) is 2.25. The van der Waals surface area contributed by atoms with E-state index in [4.69, 9.17) is 0 Å². The van der Waals surface area contributed by atoms with Crippen molar-refractivity contribution in [3.05, 3.63) is 0 Å². The Morgan fingerprint density at radius 3 is 2.53 bits per heavy atom. The number of rotatable bonds is 0. The van der Waals surface area contributed by atoms with Gasteiger partial charge in [-0.2, -0.15) is 11.8 Å². The lowest BCUT2D eigenvalue weighted by Crippen LogP contribution is -2.49. The molecule has 2 aliphatic carbocycles. The van der Waals surface area contributed by atoms with Crippen LogP contribution >= 0.6 is 23.5 Å². The second-order valence-electron chi connectivity index (χ2n) is 5.19. The molecule has 1 N–H and O–H groups in total. The second kappa shape index (κ2) is 4.15. The third-order valence-corrected chi connectivity index (χ3v) is 8.04. The van der Waals surface area contributed by atoms with Gasteiger partial charge in [-0.25, -0.2) is 0 Å². The summed E-state index contributed by atoms with van der Waals surface area (Å²) in [5, 5.41) is 12.8. The van der Waals surface area contributed by atoms with E-state index in [0.717, 1.165) is 16.9 Å². The van der Waals surface area contributed by atoms with Crippen molar-refractivity contribution in [2.45, 2.75) is 72.0 Å². The van der Waals surface area contributed by atoms with E-state index in [-0.39, 0.29) is 4.93 Å². The number of hydrogen-bond donors (Lipinski definition) is 1. The summed E-state index contributed by atoms with van der Waals surface area (Å²) >= 11 is 4.06. The van der Waals surface area contributed by atoms with Crippen LogP contribution in [0.5, 0.6) is 0 Å². The van der Waals surface area contributed by atoms with E-state index in [1.807, 2.05) is 11.8 Å². The van der Waals surface area contributed by atoms with Crippen LogP contribution in [0.25, 0.3) is 0 Å². The van der Waals surface area contributed by atoms with E-state index in [1.54, 1.807) is 0 Å². The molecular weight excluding hydrogens is 224 g/mol. The first-order valence-electron chi connectivity index (χ1n) is 6.34. The Morgan fingerprint density at radius 1 is 0.933 bits per heavy atom. The topological polar surface area (TPSA) is 20.2 Å². The molecule has 1 aliphatic heterocycles. The predicted octanol–water partition coefficient (Wildman–Crippen LogP) is 3.41. The number of aliphatic hydroxyl groups is 1. The first-order chi connectivity index (χ1) is 7.28. The van der Waals surface area contributed by atoms with Gasteiger partial charge in [0.2, 0.25) is 0 Å². The van der Waals surface area contributed by atoms with Crippen LogP contribution in [0.15, 0.2) is 0 Å². The molecule has 0 bridgehead atoms. The monoisotopic (exact) mass is 244 g/mol. The van der Waals surface area contributed by atoms with Crippen LogP contribution in [-0.4, -0.2) is 25.8 Å².